The molecule has 2 amide bonds. The Kier molecular flexibility index (Phi) is 4.93. The highest BCUT2D eigenvalue weighted by Crippen LogP contribution is 2.10. The molecule has 22 heavy (non-hydrogen) atoms. The number of hydrogen-bond acceptors (Lipinski definition) is 4. The smallest absolute Gasteiger partial charge is 0.287 e. The van der Waals surface area contributed by atoms with Crippen molar-refractivity contribution in [1.82, 2.24) is 10.3 Å². The number of carbonyl (C=O) groups is 2. The summed E-state index contributed by atoms with van der Waals surface area (Å²) in [5, 5.41) is 5.40. The lowest BCUT2D eigenvalue weighted by atomic mass is 10.0. The lowest BCUT2D eigenvalue weighted by Gasteiger charge is -2.21. The normalized spacial score (nSPS) is 12.0. The molecule has 2 heterocycles. The van der Waals surface area contributed by atoms with Crippen LogP contribution in [0.15, 0.2) is 41.0 Å². The van der Waals surface area contributed by atoms with E-state index in [4.69, 9.17) is 4.42 Å². The Bertz CT molecular complexity index is 650. The fourth-order valence-corrected chi connectivity index (χ4v) is 1.97. The number of nitrogens with one attached hydrogen (secondary N) is 2. The van der Waals surface area contributed by atoms with E-state index in [2.05, 4.69) is 15.6 Å². The topological polar surface area (TPSA) is 84.2 Å². The van der Waals surface area contributed by atoms with Gasteiger partial charge in [-0.3, -0.25) is 9.59 Å². The molecule has 1 atom stereocenters. The van der Waals surface area contributed by atoms with Gasteiger partial charge in [0.25, 0.3) is 5.91 Å². The van der Waals surface area contributed by atoms with E-state index in [1.54, 1.807) is 18.2 Å². The molecule has 2 rings (SSSR count). The molecule has 0 saturated heterocycles. The van der Waals surface area contributed by atoms with Crippen LogP contribution in [0.3, 0.4) is 0 Å². The summed E-state index contributed by atoms with van der Waals surface area (Å²) in [6.07, 6.45) is 1.41. The Hall–Kier alpha value is -2.63. The minimum absolute atomic E-state index is 0.0799. The average molecular weight is 301 g/mol. The van der Waals surface area contributed by atoms with Crippen molar-refractivity contribution in [1.29, 1.82) is 0 Å². The highest BCUT2D eigenvalue weighted by Gasteiger charge is 2.25. The first kappa shape index (κ1) is 15.8. The van der Waals surface area contributed by atoms with Crippen molar-refractivity contribution in [3.63, 3.8) is 0 Å². The van der Waals surface area contributed by atoms with Crippen LogP contribution < -0.4 is 10.6 Å². The van der Waals surface area contributed by atoms with Gasteiger partial charge in [-0.05, 0) is 37.1 Å². The van der Waals surface area contributed by atoms with Gasteiger partial charge in [-0.15, -0.1) is 0 Å². The van der Waals surface area contributed by atoms with E-state index in [-0.39, 0.29) is 17.6 Å². The molecule has 0 aliphatic heterocycles. The van der Waals surface area contributed by atoms with Gasteiger partial charge in [-0.25, -0.2) is 4.98 Å². The first-order chi connectivity index (χ1) is 10.5. The van der Waals surface area contributed by atoms with Crippen LogP contribution in [0, 0.1) is 12.8 Å². The molecular weight excluding hydrogens is 282 g/mol. The van der Waals surface area contributed by atoms with Crippen LogP contribution >= 0.6 is 0 Å². The number of amides is 2. The maximum atomic E-state index is 12.4. The van der Waals surface area contributed by atoms with E-state index in [0.717, 1.165) is 5.69 Å². The van der Waals surface area contributed by atoms with Crippen LogP contribution in [0.2, 0.25) is 0 Å². The van der Waals surface area contributed by atoms with Crippen LogP contribution in [0.1, 0.15) is 30.1 Å². The van der Waals surface area contributed by atoms with Crippen LogP contribution in [0.5, 0.6) is 0 Å². The predicted molar refractivity (Wildman–Crippen MR) is 82.4 cm³/mol. The van der Waals surface area contributed by atoms with Crippen molar-refractivity contribution in [2.45, 2.75) is 26.8 Å². The van der Waals surface area contributed by atoms with E-state index in [0.29, 0.717) is 5.82 Å². The Morgan fingerprint density at radius 2 is 1.95 bits per heavy atom. The molecule has 0 aromatic carbocycles. The number of furan rings is 1. The highest BCUT2D eigenvalue weighted by atomic mass is 16.3. The summed E-state index contributed by atoms with van der Waals surface area (Å²) in [5.74, 6) is -0.178. The standard InChI is InChI=1S/C16H19N3O3/c1-10(2)14(19-15(20)12-7-5-9-22-12)16(21)18-13-8-4-6-11(3)17-13/h4-10,14H,1-3H3,(H,19,20)(H,17,18,21). The van der Waals surface area contributed by atoms with Crippen LogP contribution in [0.25, 0.3) is 0 Å². The fourth-order valence-electron chi connectivity index (χ4n) is 1.97. The Morgan fingerprint density at radius 3 is 2.55 bits per heavy atom. The molecule has 0 fully saturated rings. The zero-order valence-corrected chi connectivity index (χ0v) is 12.8. The number of hydrogen-bond donors (Lipinski definition) is 2. The van der Waals surface area contributed by atoms with Gasteiger partial charge < -0.3 is 15.1 Å². The van der Waals surface area contributed by atoms with Gasteiger partial charge in [0.2, 0.25) is 5.91 Å². The molecule has 0 bridgehead atoms. The van der Waals surface area contributed by atoms with Crippen molar-refractivity contribution in [2.75, 3.05) is 5.32 Å². The molecule has 0 saturated carbocycles. The van der Waals surface area contributed by atoms with Crippen LogP contribution in [-0.2, 0) is 4.79 Å². The Balaban J connectivity index is 2.07. The summed E-state index contributed by atoms with van der Waals surface area (Å²) in [7, 11) is 0. The number of aryl methyl sites for hydroxylation is 1. The maximum Gasteiger partial charge on any atom is 0.287 e. The molecule has 0 radical (unpaired) electrons. The molecule has 2 aromatic heterocycles. The highest BCUT2D eigenvalue weighted by molar-refractivity contribution is 5.99. The molecule has 6 heteroatoms. The fraction of sp³-hybridized carbons (Fsp3) is 0.312. The summed E-state index contributed by atoms with van der Waals surface area (Å²) in [6, 6.07) is 7.84. The molecule has 2 N–H and O–H groups in total. The Morgan fingerprint density at radius 1 is 1.18 bits per heavy atom. The third kappa shape index (κ3) is 3.94. The zero-order valence-electron chi connectivity index (χ0n) is 12.8. The third-order valence-electron chi connectivity index (χ3n) is 3.12. The van der Waals surface area contributed by atoms with Crippen LogP contribution in [-0.4, -0.2) is 22.8 Å². The third-order valence-corrected chi connectivity index (χ3v) is 3.12. The minimum Gasteiger partial charge on any atom is -0.459 e. The van der Waals surface area contributed by atoms with Gasteiger partial charge in [0.15, 0.2) is 5.76 Å². The first-order valence-electron chi connectivity index (χ1n) is 7.06. The van der Waals surface area contributed by atoms with Gasteiger partial charge >= 0.3 is 0 Å². The van der Waals surface area contributed by atoms with E-state index in [1.165, 1.54) is 6.26 Å². The number of anilines is 1. The molecule has 116 valence electrons. The molecule has 0 aliphatic carbocycles. The number of rotatable bonds is 5. The van der Waals surface area contributed by atoms with E-state index >= 15 is 0 Å². The molecular formula is C16H19N3O3. The molecule has 6 nitrogen and oxygen atoms in total. The summed E-state index contributed by atoms with van der Waals surface area (Å²) in [4.78, 5) is 28.6. The van der Waals surface area contributed by atoms with Crippen molar-refractivity contribution < 1.29 is 14.0 Å². The number of aromatic nitrogens is 1. The molecule has 0 spiro atoms. The number of nitrogens with zero attached hydrogens (tertiary/aromatic N) is 1. The first-order valence-corrected chi connectivity index (χ1v) is 7.06. The van der Waals surface area contributed by atoms with Gasteiger partial charge in [0.05, 0.1) is 6.26 Å². The molecule has 0 aliphatic rings. The van der Waals surface area contributed by atoms with Crippen molar-refractivity contribution >= 4 is 17.6 Å². The molecule has 2 aromatic rings. The van der Waals surface area contributed by atoms with Crippen molar-refractivity contribution in [2.24, 2.45) is 5.92 Å². The monoisotopic (exact) mass is 301 g/mol. The second kappa shape index (κ2) is 6.89. The summed E-state index contributed by atoms with van der Waals surface area (Å²) in [5.41, 5.74) is 0.804. The lowest BCUT2D eigenvalue weighted by Crippen LogP contribution is -2.47. The lowest BCUT2D eigenvalue weighted by molar-refractivity contribution is -0.118. The van der Waals surface area contributed by atoms with E-state index in [9.17, 15) is 9.59 Å². The van der Waals surface area contributed by atoms with Gasteiger partial charge in [-0.1, -0.05) is 19.9 Å². The summed E-state index contributed by atoms with van der Waals surface area (Å²) in [6.45, 7) is 5.56. The van der Waals surface area contributed by atoms with Crippen LogP contribution in [0.4, 0.5) is 5.82 Å². The second-order valence-electron chi connectivity index (χ2n) is 5.33. The van der Waals surface area contributed by atoms with E-state index < -0.39 is 11.9 Å². The SMILES string of the molecule is Cc1cccc(NC(=O)C(NC(=O)c2ccco2)C(C)C)n1. The average Bonchev–Trinajstić information content (AvgIpc) is 2.98. The van der Waals surface area contributed by atoms with Gasteiger partial charge in [-0.2, -0.15) is 0 Å². The predicted octanol–water partition coefficient (Wildman–Crippen LogP) is 2.38. The maximum absolute atomic E-state index is 12.4. The number of pyridine rings is 1. The summed E-state index contributed by atoms with van der Waals surface area (Å²) >= 11 is 0. The Labute approximate surface area is 128 Å². The second-order valence-corrected chi connectivity index (χ2v) is 5.33. The molecule has 1 unspecified atom stereocenters. The van der Waals surface area contributed by atoms with Crippen molar-refractivity contribution in [3.8, 4) is 0 Å². The minimum atomic E-state index is -0.681. The summed E-state index contributed by atoms with van der Waals surface area (Å²) < 4.78 is 5.03. The number of carbonyl (C=O) groups excluding carboxylic acids is 2. The van der Waals surface area contributed by atoms with Crippen molar-refractivity contribution in [3.05, 3.63) is 48.0 Å². The zero-order chi connectivity index (χ0) is 16.1. The van der Waals surface area contributed by atoms with Gasteiger partial charge in [0, 0.05) is 5.69 Å². The van der Waals surface area contributed by atoms with Gasteiger partial charge in [0.1, 0.15) is 11.9 Å². The van der Waals surface area contributed by atoms with E-state index in [1.807, 2.05) is 32.9 Å². The quantitative estimate of drug-likeness (QED) is 0.888. The largest absolute Gasteiger partial charge is 0.459 e.